The molecule has 0 bridgehead atoms. The zero-order valence-corrected chi connectivity index (χ0v) is 24.0. The van der Waals surface area contributed by atoms with Crippen LogP contribution in [-0.4, -0.2) is 59.3 Å². The molecular weight excluding hydrogens is 577 g/mol. The normalized spacial score (nSPS) is 11.0. The maximum absolute atomic E-state index is 13.5. The zero-order valence-electron chi connectivity index (χ0n) is 23.2. The molecule has 0 atom stereocenters. The summed E-state index contributed by atoms with van der Waals surface area (Å²) in [4.78, 5) is 40.4. The minimum absolute atomic E-state index is 0.122. The number of nitrogens with zero attached hydrogens (tertiary/aromatic N) is 2. The average molecular weight is 609 g/mol. The van der Waals surface area contributed by atoms with Crippen LogP contribution in [0.15, 0.2) is 73.1 Å². The van der Waals surface area contributed by atoms with E-state index in [1.54, 1.807) is 35.5 Å². The Labute approximate surface area is 246 Å². The molecule has 1 aromatic heterocycles. The number of carbonyl (C=O) groups excluding carboxylic acids is 2. The number of carbonyl (C=O) groups is 3. The van der Waals surface area contributed by atoms with Gasteiger partial charge in [0.15, 0.2) is 0 Å². The molecule has 0 radical (unpaired) electrons. The van der Waals surface area contributed by atoms with Gasteiger partial charge < -0.3 is 25.4 Å². The number of benzene rings is 2. The van der Waals surface area contributed by atoms with Crippen molar-refractivity contribution in [3.8, 4) is 5.75 Å². The molecule has 0 spiro atoms. The number of anilines is 2. The lowest BCUT2D eigenvalue weighted by Crippen LogP contribution is -2.42. The van der Waals surface area contributed by atoms with Gasteiger partial charge in [-0.3, -0.25) is 14.6 Å². The molecule has 3 N–H and O–H groups in total. The standard InChI is InChI=1S/C27H31ClN4O3.C2HF3O2/c1-27(2,3)31-25(33)11-15-32(23-7-5-4-6-8-23)26(34)20-17-21(28)19-24(18-20)35-16-14-30-22-9-12-29-13-10-22;3-2(4,5)1(6)7/h4-10,12-13,17-19H,11,14-16H2,1-3H3,(H,29,30)(H,31,33);(H,6,7). The van der Waals surface area contributed by atoms with Gasteiger partial charge in [0, 0.05) is 59.4 Å². The van der Waals surface area contributed by atoms with Crippen LogP contribution >= 0.6 is 11.6 Å². The highest BCUT2D eigenvalue weighted by Crippen LogP contribution is 2.25. The van der Waals surface area contributed by atoms with E-state index in [0.29, 0.717) is 35.2 Å². The highest BCUT2D eigenvalue weighted by molar-refractivity contribution is 6.31. The van der Waals surface area contributed by atoms with E-state index in [1.807, 2.05) is 63.2 Å². The Kier molecular flexibility index (Phi) is 12.6. The van der Waals surface area contributed by atoms with Crippen LogP contribution < -0.4 is 20.3 Å². The summed E-state index contributed by atoms with van der Waals surface area (Å²) in [6.45, 7) is 6.94. The second-order valence-electron chi connectivity index (χ2n) is 9.83. The van der Waals surface area contributed by atoms with E-state index in [0.717, 1.165) is 5.69 Å². The Bertz CT molecular complexity index is 1320. The van der Waals surface area contributed by atoms with Crippen molar-refractivity contribution in [3.63, 3.8) is 0 Å². The summed E-state index contributed by atoms with van der Waals surface area (Å²) < 4.78 is 37.6. The number of ether oxygens (including phenoxy) is 1. The van der Waals surface area contributed by atoms with Crippen molar-refractivity contribution in [2.24, 2.45) is 0 Å². The highest BCUT2D eigenvalue weighted by atomic mass is 35.5. The number of carboxylic acid groups (broad SMARTS) is 1. The molecule has 1 heterocycles. The highest BCUT2D eigenvalue weighted by Gasteiger charge is 2.38. The van der Waals surface area contributed by atoms with Crippen molar-refractivity contribution in [1.82, 2.24) is 10.3 Å². The molecule has 226 valence electrons. The van der Waals surface area contributed by atoms with Crippen LogP contribution in [-0.2, 0) is 9.59 Å². The van der Waals surface area contributed by atoms with Crippen molar-refractivity contribution in [2.45, 2.75) is 38.9 Å². The summed E-state index contributed by atoms with van der Waals surface area (Å²) in [5, 5.41) is 13.7. The molecule has 2 amide bonds. The van der Waals surface area contributed by atoms with Crippen molar-refractivity contribution in [3.05, 3.63) is 83.6 Å². The molecule has 0 aliphatic rings. The number of halogens is 4. The second-order valence-corrected chi connectivity index (χ2v) is 10.3. The quantitative estimate of drug-likeness (QED) is 0.248. The van der Waals surface area contributed by atoms with E-state index in [4.69, 9.17) is 26.2 Å². The molecule has 0 unspecified atom stereocenters. The number of para-hydroxylation sites is 1. The lowest BCUT2D eigenvalue weighted by atomic mass is 10.1. The Balaban J connectivity index is 0.000000782. The SMILES string of the molecule is CC(C)(C)NC(=O)CCN(C(=O)c1cc(Cl)cc(OCCNc2ccncc2)c1)c1ccccc1.O=C(O)C(F)(F)F. The lowest BCUT2D eigenvalue weighted by molar-refractivity contribution is -0.192. The number of carboxylic acids is 1. The number of nitrogens with one attached hydrogen (secondary N) is 2. The minimum Gasteiger partial charge on any atom is -0.492 e. The Morgan fingerprint density at radius 1 is 1.00 bits per heavy atom. The van der Waals surface area contributed by atoms with Gasteiger partial charge >= 0.3 is 12.1 Å². The number of rotatable bonds is 10. The Hall–Kier alpha value is -4.32. The predicted molar refractivity (Wildman–Crippen MR) is 154 cm³/mol. The van der Waals surface area contributed by atoms with E-state index in [2.05, 4.69) is 15.6 Å². The zero-order chi connectivity index (χ0) is 31.3. The van der Waals surface area contributed by atoms with E-state index in [1.165, 1.54) is 0 Å². The fraction of sp³-hybridized carbons (Fsp3) is 0.310. The van der Waals surface area contributed by atoms with Gasteiger partial charge in [0.05, 0.1) is 0 Å². The number of hydrogen-bond donors (Lipinski definition) is 3. The van der Waals surface area contributed by atoms with E-state index >= 15 is 0 Å². The van der Waals surface area contributed by atoms with Gasteiger partial charge in [-0.25, -0.2) is 4.79 Å². The van der Waals surface area contributed by atoms with Crippen LogP contribution in [0, 0.1) is 0 Å². The molecule has 42 heavy (non-hydrogen) atoms. The Morgan fingerprint density at radius 2 is 1.62 bits per heavy atom. The van der Waals surface area contributed by atoms with Crippen LogP contribution in [0.2, 0.25) is 5.02 Å². The molecule has 0 fully saturated rings. The summed E-state index contributed by atoms with van der Waals surface area (Å²) in [5.74, 6) is -2.64. The summed E-state index contributed by atoms with van der Waals surface area (Å²) in [6, 6.07) is 18.0. The third-order valence-corrected chi connectivity index (χ3v) is 5.35. The van der Waals surface area contributed by atoms with Crippen molar-refractivity contribution in [2.75, 3.05) is 29.9 Å². The number of aromatic nitrogens is 1. The van der Waals surface area contributed by atoms with E-state index in [9.17, 15) is 22.8 Å². The average Bonchev–Trinajstić information content (AvgIpc) is 2.91. The summed E-state index contributed by atoms with van der Waals surface area (Å²) in [6.07, 6.45) is -1.49. The molecule has 0 saturated heterocycles. The van der Waals surface area contributed by atoms with Gasteiger partial charge in [0.1, 0.15) is 12.4 Å². The largest absolute Gasteiger partial charge is 0.492 e. The van der Waals surface area contributed by atoms with Gasteiger partial charge in [-0.05, 0) is 63.2 Å². The number of hydrogen-bond acceptors (Lipinski definition) is 6. The second kappa shape index (κ2) is 15.6. The molecular formula is C29H32ClF3N4O5. The van der Waals surface area contributed by atoms with Crippen molar-refractivity contribution >= 4 is 40.8 Å². The number of alkyl halides is 3. The molecule has 13 heteroatoms. The molecule has 0 saturated carbocycles. The smallest absolute Gasteiger partial charge is 0.490 e. The minimum atomic E-state index is -5.08. The first kappa shape index (κ1) is 33.9. The molecule has 0 aliphatic heterocycles. The van der Waals surface area contributed by atoms with Crippen molar-refractivity contribution in [1.29, 1.82) is 0 Å². The van der Waals surface area contributed by atoms with Crippen LogP contribution in [0.25, 0.3) is 0 Å². The van der Waals surface area contributed by atoms with Crippen LogP contribution in [0.3, 0.4) is 0 Å². The number of amides is 2. The maximum Gasteiger partial charge on any atom is 0.490 e. The monoisotopic (exact) mass is 608 g/mol. The van der Waals surface area contributed by atoms with Crippen LogP contribution in [0.5, 0.6) is 5.75 Å². The maximum atomic E-state index is 13.5. The third kappa shape index (κ3) is 12.5. The van der Waals surface area contributed by atoms with E-state index < -0.39 is 12.1 Å². The van der Waals surface area contributed by atoms with Gasteiger partial charge in [-0.1, -0.05) is 29.8 Å². The lowest BCUT2D eigenvalue weighted by Gasteiger charge is -2.25. The third-order valence-electron chi connectivity index (χ3n) is 5.13. The molecule has 0 aliphatic carbocycles. The molecule has 3 rings (SSSR count). The van der Waals surface area contributed by atoms with Crippen LogP contribution in [0.1, 0.15) is 37.6 Å². The first-order valence-corrected chi connectivity index (χ1v) is 13.1. The van der Waals surface area contributed by atoms with Gasteiger partial charge in [-0.2, -0.15) is 13.2 Å². The number of aliphatic carboxylic acids is 1. The van der Waals surface area contributed by atoms with Gasteiger partial charge in [0.25, 0.3) is 5.91 Å². The van der Waals surface area contributed by atoms with E-state index in [-0.39, 0.29) is 30.3 Å². The number of pyridine rings is 1. The summed E-state index contributed by atoms with van der Waals surface area (Å²) in [5.41, 5.74) is 1.68. The fourth-order valence-electron chi connectivity index (χ4n) is 3.41. The Morgan fingerprint density at radius 3 is 2.19 bits per heavy atom. The van der Waals surface area contributed by atoms with Crippen molar-refractivity contribution < 1.29 is 37.4 Å². The summed E-state index contributed by atoms with van der Waals surface area (Å²) >= 11 is 6.32. The van der Waals surface area contributed by atoms with Gasteiger partial charge in [0.2, 0.25) is 5.91 Å². The predicted octanol–water partition coefficient (Wildman–Crippen LogP) is 5.81. The first-order chi connectivity index (χ1) is 19.7. The first-order valence-electron chi connectivity index (χ1n) is 12.7. The van der Waals surface area contributed by atoms with Gasteiger partial charge in [-0.15, -0.1) is 0 Å². The molecule has 9 nitrogen and oxygen atoms in total. The van der Waals surface area contributed by atoms with Crippen LogP contribution in [0.4, 0.5) is 24.5 Å². The summed E-state index contributed by atoms with van der Waals surface area (Å²) in [7, 11) is 0. The fourth-order valence-corrected chi connectivity index (χ4v) is 3.63. The molecule has 3 aromatic rings. The topological polar surface area (TPSA) is 121 Å². The molecule has 2 aromatic carbocycles.